The Hall–Kier alpha value is -0.0800. The number of nitrogens with one attached hydrogen (secondary N) is 1. The third kappa shape index (κ3) is 4.46. The van der Waals surface area contributed by atoms with Crippen molar-refractivity contribution in [1.29, 1.82) is 0 Å². The Balaban J connectivity index is 2.76. The van der Waals surface area contributed by atoms with Crippen LogP contribution in [0.5, 0.6) is 0 Å². The molecule has 1 aliphatic carbocycles. The van der Waals surface area contributed by atoms with E-state index in [4.69, 9.17) is 0 Å². The first kappa shape index (κ1) is 18.0. The van der Waals surface area contributed by atoms with Crippen molar-refractivity contribution in [2.45, 2.75) is 91.1 Å². The number of likely N-dealkylation sites (N-methyl/N-ethyl adjacent to an activating group) is 2. The Morgan fingerprint density at radius 2 is 1.60 bits per heavy atom. The van der Waals surface area contributed by atoms with Gasteiger partial charge in [-0.3, -0.25) is 4.90 Å². The molecule has 0 aromatic heterocycles. The fourth-order valence-corrected chi connectivity index (χ4v) is 4.26. The molecule has 1 unspecified atom stereocenters. The summed E-state index contributed by atoms with van der Waals surface area (Å²) in [5, 5.41) is 3.85. The average molecular weight is 283 g/mol. The lowest BCUT2D eigenvalue weighted by atomic mass is 9.82. The van der Waals surface area contributed by atoms with Crippen molar-refractivity contribution < 1.29 is 0 Å². The van der Waals surface area contributed by atoms with Gasteiger partial charge in [0, 0.05) is 11.6 Å². The molecule has 0 spiro atoms. The van der Waals surface area contributed by atoms with Gasteiger partial charge in [0.05, 0.1) is 0 Å². The van der Waals surface area contributed by atoms with E-state index in [1.165, 1.54) is 58.0 Å². The highest BCUT2D eigenvalue weighted by molar-refractivity contribution is 5.03. The van der Waals surface area contributed by atoms with Crippen LogP contribution in [0.25, 0.3) is 0 Å². The number of hydrogen-bond acceptors (Lipinski definition) is 2. The SMILES string of the molecule is CCNC(CCCC(C)C)C1(N(CC)CC)CCCC1. The topological polar surface area (TPSA) is 15.3 Å². The molecule has 1 saturated carbocycles. The second-order valence-electron chi connectivity index (χ2n) is 6.92. The fourth-order valence-electron chi connectivity index (χ4n) is 4.26. The lowest BCUT2D eigenvalue weighted by Crippen LogP contribution is -2.59. The summed E-state index contributed by atoms with van der Waals surface area (Å²) in [6.45, 7) is 15.1. The van der Waals surface area contributed by atoms with Crippen LogP contribution in [0.15, 0.2) is 0 Å². The second kappa shape index (κ2) is 9.04. The third-order valence-electron chi connectivity index (χ3n) is 5.24. The third-order valence-corrected chi connectivity index (χ3v) is 5.24. The summed E-state index contributed by atoms with van der Waals surface area (Å²) in [6, 6.07) is 0.689. The van der Waals surface area contributed by atoms with Crippen LogP contribution in [-0.2, 0) is 0 Å². The van der Waals surface area contributed by atoms with E-state index < -0.39 is 0 Å². The largest absolute Gasteiger partial charge is 0.312 e. The molecular weight excluding hydrogens is 244 g/mol. The van der Waals surface area contributed by atoms with Gasteiger partial charge in [0.15, 0.2) is 0 Å². The Bertz CT molecular complexity index is 240. The van der Waals surface area contributed by atoms with Gasteiger partial charge in [-0.1, -0.05) is 60.3 Å². The summed E-state index contributed by atoms with van der Waals surface area (Å²) in [5.41, 5.74) is 0.441. The molecule has 0 amide bonds. The van der Waals surface area contributed by atoms with Crippen LogP contribution in [0.1, 0.15) is 79.6 Å². The molecule has 0 aromatic rings. The van der Waals surface area contributed by atoms with Gasteiger partial charge in [-0.05, 0) is 44.8 Å². The van der Waals surface area contributed by atoms with Gasteiger partial charge >= 0.3 is 0 Å². The molecule has 0 radical (unpaired) electrons. The summed E-state index contributed by atoms with van der Waals surface area (Å²) in [7, 11) is 0. The van der Waals surface area contributed by atoms with E-state index in [0.717, 1.165) is 12.5 Å². The van der Waals surface area contributed by atoms with Gasteiger partial charge < -0.3 is 5.32 Å². The quantitative estimate of drug-likeness (QED) is 0.637. The van der Waals surface area contributed by atoms with Gasteiger partial charge in [0.1, 0.15) is 0 Å². The van der Waals surface area contributed by atoms with Crippen molar-refractivity contribution in [3.05, 3.63) is 0 Å². The molecule has 120 valence electrons. The molecule has 1 N–H and O–H groups in total. The van der Waals surface area contributed by atoms with Gasteiger partial charge in [-0.25, -0.2) is 0 Å². The second-order valence-corrected chi connectivity index (χ2v) is 6.92. The fraction of sp³-hybridized carbons (Fsp3) is 1.00. The maximum Gasteiger partial charge on any atom is 0.0362 e. The van der Waals surface area contributed by atoms with Crippen molar-refractivity contribution in [3.8, 4) is 0 Å². The van der Waals surface area contributed by atoms with Crippen LogP contribution in [0, 0.1) is 5.92 Å². The lowest BCUT2D eigenvalue weighted by Gasteiger charge is -2.47. The minimum atomic E-state index is 0.441. The minimum absolute atomic E-state index is 0.441. The molecule has 1 fully saturated rings. The molecule has 2 heteroatoms. The molecule has 0 aliphatic heterocycles. The highest BCUT2D eigenvalue weighted by Crippen LogP contribution is 2.39. The summed E-state index contributed by atoms with van der Waals surface area (Å²) in [5.74, 6) is 0.838. The minimum Gasteiger partial charge on any atom is -0.312 e. The Morgan fingerprint density at radius 1 is 1.00 bits per heavy atom. The molecule has 0 saturated heterocycles. The zero-order valence-electron chi connectivity index (χ0n) is 14.7. The summed E-state index contributed by atoms with van der Waals surface area (Å²) in [4.78, 5) is 2.75. The maximum atomic E-state index is 3.85. The molecule has 20 heavy (non-hydrogen) atoms. The van der Waals surface area contributed by atoms with Gasteiger partial charge in [-0.15, -0.1) is 0 Å². The summed E-state index contributed by atoms with van der Waals surface area (Å²) < 4.78 is 0. The van der Waals surface area contributed by atoms with Crippen LogP contribution in [-0.4, -0.2) is 36.1 Å². The van der Waals surface area contributed by atoms with Crippen molar-refractivity contribution in [2.24, 2.45) is 5.92 Å². The first-order valence-corrected chi connectivity index (χ1v) is 9.09. The normalized spacial score (nSPS) is 19.9. The molecule has 0 bridgehead atoms. The van der Waals surface area contributed by atoms with E-state index in [1.54, 1.807) is 0 Å². The Kier molecular flexibility index (Phi) is 8.13. The van der Waals surface area contributed by atoms with Crippen molar-refractivity contribution >= 4 is 0 Å². The Labute approximate surface area is 127 Å². The molecule has 1 atom stereocenters. The average Bonchev–Trinajstić information content (AvgIpc) is 2.89. The zero-order valence-corrected chi connectivity index (χ0v) is 14.7. The zero-order chi connectivity index (χ0) is 15.0. The Morgan fingerprint density at radius 3 is 2.05 bits per heavy atom. The molecule has 1 rings (SSSR count). The molecule has 0 heterocycles. The molecular formula is C18H38N2. The van der Waals surface area contributed by atoms with Crippen LogP contribution in [0.3, 0.4) is 0 Å². The number of nitrogens with zero attached hydrogens (tertiary/aromatic N) is 1. The van der Waals surface area contributed by atoms with E-state index >= 15 is 0 Å². The van der Waals surface area contributed by atoms with Gasteiger partial charge in [-0.2, -0.15) is 0 Å². The van der Waals surface area contributed by atoms with Crippen LogP contribution >= 0.6 is 0 Å². The van der Waals surface area contributed by atoms with E-state index in [0.29, 0.717) is 11.6 Å². The van der Waals surface area contributed by atoms with Crippen molar-refractivity contribution in [2.75, 3.05) is 19.6 Å². The standard InChI is InChI=1S/C18H38N2/c1-6-19-17(13-11-12-16(4)5)18(14-9-10-15-18)20(7-2)8-3/h16-17,19H,6-15H2,1-5H3. The smallest absolute Gasteiger partial charge is 0.0362 e. The summed E-state index contributed by atoms with van der Waals surface area (Å²) >= 11 is 0. The van der Waals surface area contributed by atoms with Crippen LogP contribution in [0.4, 0.5) is 0 Å². The van der Waals surface area contributed by atoms with Crippen molar-refractivity contribution in [1.82, 2.24) is 10.2 Å². The number of rotatable bonds is 10. The maximum absolute atomic E-state index is 3.85. The number of hydrogen-bond donors (Lipinski definition) is 1. The molecule has 0 aromatic carbocycles. The first-order valence-electron chi connectivity index (χ1n) is 9.09. The lowest BCUT2D eigenvalue weighted by molar-refractivity contribution is 0.0589. The van der Waals surface area contributed by atoms with Crippen LogP contribution in [0.2, 0.25) is 0 Å². The van der Waals surface area contributed by atoms with Crippen LogP contribution < -0.4 is 5.32 Å². The van der Waals surface area contributed by atoms with E-state index in [1.807, 2.05) is 0 Å². The highest BCUT2D eigenvalue weighted by atomic mass is 15.2. The van der Waals surface area contributed by atoms with Gasteiger partial charge in [0.2, 0.25) is 0 Å². The van der Waals surface area contributed by atoms with E-state index in [-0.39, 0.29) is 0 Å². The predicted molar refractivity (Wildman–Crippen MR) is 90.3 cm³/mol. The van der Waals surface area contributed by atoms with E-state index in [2.05, 4.69) is 44.8 Å². The highest BCUT2D eigenvalue weighted by Gasteiger charge is 2.44. The monoisotopic (exact) mass is 282 g/mol. The van der Waals surface area contributed by atoms with E-state index in [9.17, 15) is 0 Å². The molecule has 2 nitrogen and oxygen atoms in total. The first-order chi connectivity index (χ1) is 9.60. The van der Waals surface area contributed by atoms with Gasteiger partial charge in [0.25, 0.3) is 0 Å². The summed E-state index contributed by atoms with van der Waals surface area (Å²) in [6.07, 6.45) is 9.73. The van der Waals surface area contributed by atoms with Crippen molar-refractivity contribution in [3.63, 3.8) is 0 Å². The predicted octanol–water partition coefficient (Wildman–Crippen LogP) is 4.45. The molecule has 1 aliphatic rings.